The van der Waals surface area contributed by atoms with E-state index in [0.717, 1.165) is 25.7 Å². The molecule has 0 saturated heterocycles. The van der Waals surface area contributed by atoms with Crippen LogP contribution in [0.3, 0.4) is 0 Å². The lowest BCUT2D eigenvalue weighted by Gasteiger charge is -2.26. The largest absolute Gasteiger partial charge is 0.332 e. The molecule has 0 aliphatic heterocycles. The molecule has 0 bridgehead atoms. The molecule has 5 heteroatoms. The number of carbonyl (C=O) groups is 2. The van der Waals surface area contributed by atoms with Gasteiger partial charge in [-0.2, -0.15) is 0 Å². The van der Waals surface area contributed by atoms with E-state index in [-0.39, 0.29) is 6.04 Å². The highest BCUT2D eigenvalue weighted by atomic mass is 16.2. The summed E-state index contributed by atoms with van der Waals surface area (Å²) in [7, 11) is 0. The Bertz CT molecular complexity index is 224. The summed E-state index contributed by atoms with van der Waals surface area (Å²) in [6.45, 7) is 2.44. The monoisotopic (exact) mass is 199 g/mol. The van der Waals surface area contributed by atoms with Gasteiger partial charge in [0.25, 0.3) is 0 Å². The SMILES string of the molecule is CCN(C(=O)C(=O)NN)C1CCCC1. The summed E-state index contributed by atoms with van der Waals surface area (Å²) in [6, 6.07) is 0.227. The van der Waals surface area contributed by atoms with Gasteiger partial charge in [0.2, 0.25) is 0 Å². The highest BCUT2D eigenvalue weighted by Crippen LogP contribution is 2.23. The summed E-state index contributed by atoms with van der Waals surface area (Å²) in [6.07, 6.45) is 4.27. The first kappa shape index (κ1) is 11.0. The Labute approximate surface area is 83.6 Å². The summed E-state index contributed by atoms with van der Waals surface area (Å²) < 4.78 is 0. The van der Waals surface area contributed by atoms with E-state index in [2.05, 4.69) is 0 Å². The number of hydrogen-bond donors (Lipinski definition) is 2. The predicted molar refractivity (Wildman–Crippen MR) is 52.0 cm³/mol. The van der Waals surface area contributed by atoms with Crippen molar-refractivity contribution in [1.29, 1.82) is 0 Å². The molecule has 0 radical (unpaired) electrons. The van der Waals surface area contributed by atoms with E-state index in [0.29, 0.717) is 6.54 Å². The normalized spacial score (nSPS) is 16.7. The van der Waals surface area contributed by atoms with Gasteiger partial charge in [0.1, 0.15) is 0 Å². The van der Waals surface area contributed by atoms with Crippen LogP contribution in [0, 0.1) is 0 Å². The van der Waals surface area contributed by atoms with Crippen LogP contribution in [0.5, 0.6) is 0 Å². The predicted octanol–water partition coefficient (Wildman–Crippen LogP) is -0.233. The maximum absolute atomic E-state index is 11.5. The van der Waals surface area contributed by atoms with Gasteiger partial charge < -0.3 is 4.90 Å². The second-order valence-corrected chi connectivity index (χ2v) is 3.50. The van der Waals surface area contributed by atoms with Gasteiger partial charge in [-0.25, -0.2) is 5.84 Å². The zero-order chi connectivity index (χ0) is 10.6. The molecule has 0 aromatic rings. The number of likely N-dealkylation sites (N-methyl/N-ethyl adjacent to an activating group) is 1. The molecule has 14 heavy (non-hydrogen) atoms. The van der Waals surface area contributed by atoms with Crippen molar-refractivity contribution in [3.8, 4) is 0 Å². The van der Waals surface area contributed by atoms with Gasteiger partial charge >= 0.3 is 11.8 Å². The van der Waals surface area contributed by atoms with Crippen LogP contribution in [-0.4, -0.2) is 29.3 Å². The lowest BCUT2D eigenvalue weighted by Crippen LogP contribution is -2.48. The summed E-state index contributed by atoms with van der Waals surface area (Å²) in [5, 5.41) is 0. The van der Waals surface area contributed by atoms with Gasteiger partial charge in [-0.15, -0.1) is 0 Å². The molecule has 0 heterocycles. The molecular formula is C9H17N3O2. The Kier molecular flexibility index (Phi) is 3.88. The average Bonchev–Trinajstić information content (AvgIpc) is 2.71. The molecule has 1 fully saturated rings. The second kappa shape index (κ2) is 4.95. The molecule has 0 aromatic carbocycles. The van der Waals surface area contributed by atoms with Gasteiger partial charge in [0.05, 0.1) is 0 Å². The van der Waals surface area contributed by atoms with E-state index in [1.54, 1.807) is 4.90 Å². The first-order chi connectivity index (χ1) is 6.70. The molecular weight excluding hydrogens is 182 g/mol. The molecule has 0 spiro atoms. The van der Waals surface area contributed by atoms with Crippen LogP contribution in [0.15, 0.2) is 0 Å². The maximum atomic E-state index is 11.5. The van der Waals surface area contributed by atoms with Crippen molar-refractivity contribution in [3.63, 3.8) is 0 Å². The minimum Gasteiger partial charge on any atom is -0.332 e. The third-order valence-electron chi connectivity index (χ3n) is 2.69. The summed E-state index contributed by atoms with van der Waals surface area (Å²) in [4.78, 5) is 24.2. The third-order valence-corrected chi connectivity index (χ3v) is 2.69. The number of amides is 2. The van der Waals surface area contributed by atoms with Crippen molar-refractivity contribution >= 4 is 11.8 Å². The molecule has 5 nitrogen and oxygen atoms in total. The van der Waals surface area contributed by atoms with Crippen molar-refractivity contribution in [2.75, 3.05) is 6.54 Å². The van der Waals surface area contributed by atoms with Crippen LogP contribution < -0.4 is 11.3 Å². The standard InChI is InChI=1S/C9H17N3O2/c1-2-12(7-5-3-4-6-7)9(14)8(13)11-10/h7H,2-6,10H2,1H3,(H,11,13). The van der Waals surface area contributed by atoms with E-state index in [1.807, 2.05) is 12.3 Å². The smallest absolute Gasteiger partial charge is 0.323 e. The van der Waals surface area contributed by atoms with Gasteiger partial charge in [0, 0.05) is 12.6 Å². The number of rotatable bonds is 2. The molecule has 0 aromatic heterocycles. The molecule has 2 amide bonds. The molecule has 0 unspecified atom stereocenters. The number of hydrogen-bond acceptors (Lipinski definition) is 3. The van der Waals surface area contributed by atoms with Crippen molar-refractivity contribution in [3.05, 3.63) is 0 Å². The second-order valence-electron chi connectivity index (χ2n) is 3.50. The Hall–Kier alpha value is -1.10. The van der Waals surface area contributed by atoms with Crippen LogP contribution in [0.2, 0.25) is 0 Å². The number of nitrogens with two attached hydrogens (primary N) is 1. The Morgan fingerprint density at radius 2 is 2.00 bits per heavy atom. The van der Waals surface area contributed by atoms with Gasteiger partial charge in [0.15, 0.2) is 0 Å². The van der Waals surface area contributed by atoms with Crippen LogP contribution in [-0.2, 0) is 9.59 Å². The Morgan fingerprint density at radius 1 is 1.43 bits per heavy atom. The number of hydrazine groups is 1. The Balaban J connectivity index is 2.60. The van der Waals surface area contributed by atoms with Crippen molar-refractivity contribution < 1.29 is 9.59 Å². The van der Waals surface area contributed by atoms with E-state index in [1.165, 1.54) is 0 Å². The maximum Gasteiger partial charge on any atom is 0.323 e. The first-order valence-corrected chi connectivity index (χ1v) is 5.02. The summed E-state index contributed by atoms with van der Waals surface area (Å²) in [5.41, 5.74) is 1.87. The zero-order valence-corrected chi connectivity index (χ0v) is 8.45. The fourth-order valence-corrected chi connectivity index (χ4v) is 1.98. The molecule has 0 atom stereocenters. The van der Waals surface area contributed by atoms with E-state index in [4.69, 9.17) is 5.84 Å². The molecule has 1 saturated carbocycles. The van der Waals surface area contributed by atoms with Crippen molar-refractivity contribution in [2.45, 2.75) is 38.6 Å². The number of nitrogens with one attached hydrogen (secondary N) is 1. The molecule has 1 aliphatic rings. The van der Waals surface area contributed by atoms with Crippen LogP contribution >= 0.6 is 0 Å². The molecule has 1 rings (SSSR count). The van der Waals surface area contributed by atoms with E-state index in [9.17, 15) is 9.59 Å². The summed E-state index contributed by atoms with van der Waals surface area (Å²) in [5.74, 6) is 3.68. The number of carbonyl (C=O) groups excluding carboxylic acids is 2. The summed E-state index contributed by atoms with van der Waals surface area (Å²) >= 11 is 0. The third kappa shape index (κ3) is 2.23. The average molecular weight is 199 g/mol. The highest BCUT2D eigenvalue weighted by molar-refractivity contribution is 6.34. The minimum absolute atomic E-state index is 0.227. The quantitative estimate of drug-likeness (QED) is 0.279. The van der Waals surface area contributed by atoms with Crippen molar-refractivity contribution in [1.82, 2.24) is 10.3 Å². The minimum atomic E-state index is -0.723. The van der Waals surface area contributed by atoms with E-state index >= 15 is 0 Å². The van der Waals surface area contributed by atoms with Gasteiger partial charge in [-0.05, 0) is 19.8 Å². The van der Waals surface area contributed by atoms with Crippen molar-refractivity contribution in [2.24, 2.45) is 5.84 Å². The fourth-order valence-electron chi connectivity index (χ4n) is 1.98. The Morgan fingerprint density at radius 3 is 2.43 bits per heavy atom. The van der Waals surface area contributed by atoms with Crippen LogP contribution in [0.25, 0.3) is 0 Å². The first-order valence-electron chi connectivity index (χ1n) is 5.02. The number of nitrogens with zero attached hydrogens (tertiary/aromatic N) is 1. The van der Waals surface area contributed by atoms with Crippen LogP contribution in [0.1, 0.15) is 32.6 Å². The van der Waals surface area contributed by atoms with Gasteiger partial charge in [-0.1, -0.05) is 12.8 Å². The molecule has 80 valence electrons. The molecule has 1 aliphatic carbocycles. The fraction of sp³-hybridized carbons (Fsp3) is 0.778. The topological polar surface area (TPSA) is 75.4 Å². The van der Waals surface area contributed by atoms with Crippen LogP contribution in [0.4, 0.5) is 0 Å². The van der Waals surface area contributed by atoms with E-state index < -0.39 is 11.8 Å². The van der Waals surface area contributed by atoms with Gasteiger partial charge in [-0.3, -0.25) is 15.0 Å². The lowest BCUT2D eigenvalue weighted by molar-refractivity contribution is -0.147. The highest BCUT2D eigenvalue weighted by Gasteiger charge is 2.28. The lowest BCUT2D eigenvalue weighted by atomic mass is 10.2. The zero-order valence-electron chi connectivity index (χ0n) is 8.45. The molecule has 3 N–H and O–H groups in total.